The molecule has 0 amide bonds. The lowest BCUT2D eigenvalue weighted by atomic mass is 10.0. The maximum atomic E-state index is 11.7. The summed E-state index contributed by atoms with van der Waals surface area (Å²) in [5.74, 6) is -1.25. The molecule has 0 saturated carbocycles. The minimum Gasteiger partial charge on any atom is -0.481 e. The molecule has 0 aromatic heterocycles. The van der Waals surface area contributed by atoms with Crippen molar-refractivity contribution in [2.75, 3.05) is 19.6 Å². The summed E-state index contributed by atoms with van der Waals surface area (Å²) in [7, 11) is 0. The van der Waals surface area contributed by atoms with Gasteiger partial charge >= 0.3 is 12.1 Å². The first-order valence-corrected chi connectivity index (χ1v) is 4.40. The van der Waals surface area contributed by atoms with Crippen LogP contribution in [0.15, 0.2) is 0 Å². The van der Waals surface area contributed by atoms with Crippen LogP contribution < -0.4 is 0 Å². The number of rotatable bonds is 4. The Bertz CT molecular complexity index is 211. The SMILES string of the molecule is O=C(O)C1CN(CCCC(F)(F)F)C1. The van der Waals surface area contributed by atoms with Crippen molar-refractivity contribution in [3.8, 4) is 0 Å². The van der Waals surface area contributed by atoms with E-state index in [1.165, 1.54) is 0 Å². The van der Waals surface area contributed by atoms with Gasteiger partial charge in [-0.05, 0) is 13.0 Å². The molecule has 0 spiro atoms. The van der Waals surface area contributed by atoms with Crippen LogP contribution in [0.5, 0.6) is 0 Å². The third-order valence-electron chi connectivity index (χ3n) is 2.24. The number of hydrogen-bond acceptors (Lipinski definition) is 2. The Kier molecular flexibility index (Phi) is 3.36. The summed E-state index contributed by atoms with van der Waals surface area (Å²) < 4.78 is 35.2. The number of carboxylic acids is 1. The van der Waals surface area contributed by atoms with Crippen LogP contribution >= 0.6 is 0 Å². The maximum Gasteiger partial charge on any atom is 0.389 e. The summed E-state index contributed by atoms with van der Waals surface area (Å²) in [6.07, 6.45) is -4.84. The average Bonchev–Trinajstić information content (AvgIpc) is 1.90. The van der Waals surface area contributed by atoms with Crippen molar-refractivity contribution in [2.45, 2.75) is 19.0 Å². The zero-order valence-electron chi connectivity index (χ0n) is 7.55. The van der Waals surface area contributed by atoms with Crippen molar-refractivity contribution in [2.24, 2.45) is 5.92 Å². The number of alkyl halides is 3. The number of carbonyl (C=O) groups is 1. The van der Waals surface area contributed by atoms with Crippen molar-refractivity contribution >= 4 is 5.97 Å². The first-order valence-electron chi connectivity index (χ1n) is 4.40. The van der Waals surface area contributed by atoms with E-state index in [-0.39, 0.29) is 12.3 Å². The van der Waals surface area contributed by atoms with E-state index in [2.05, 4.69) is 0 Å². The van der Waals surface area contributed by atoms with Gasteiger partial charge in [0, 0.05) is 19.5 Å². The molecular weight excluding hydrogens is 199 g/mol. The zero-order chi connectivity index (χ0) is 10.8. The molecule has 1 heterocycles. The van der Waals surface area contributed by atoms with E-state index in [9.17, 15) is 18.0 Å². The van der Waals surface area contributed by atoms with Crippen LogP contribution in [0.3, 0.4) is 0 Å². The van der Waals surface area contributed by atoms with E-state index in [0.29, 0.717) is 19.6 Å². The molecule has 0 unspecified atom stereocenters. The van der Waals surface area contributed by atoms with Crippen LogP contribution in [0, 0.1) is 5.92 Å². The number of halogens is 3. The molecule has 14 heavy (non-hydrogen) atoms. The van der Waals surface area contributed by atoms with Crippen LogP contribution in [0.2, 0.25) is 0 Å². The molecular formula is C8H12F3NO2. The molecule has 1 saturated heterocycles. The maximum absolute atomic E-state index is 11.7. The highest BCUT2D eigenvalue weighted by atomic mass is 19.4. The molecule has 0 aromatic carbocycles. The second-order valence-corrected chi connectivity index (χ2v) is 3.51. The van der Waals surface area contributed by atoms with Gasteiger partial charge in [-0.15, -0.1) is 0 Å². The average molecular weight is 211 g/mol. The Labute approximate surface area is 79.5 Å². The van der Waals surface area contributed by atoms with Crippen LogP contribution in [0.4, 0.5) is 13.2 Å². The fourth-order valence-corrected chi connectivity index (χ4v) is 1.41. The quantitative estimate of drug-likeness (QED) is 0.763. The molecule has 3 nitrogen and oxygen atoms in total. The predicted molar refractivity (Wildman–Crippen MR) is 42.9 cm³/mol. The van der Waals surface area contributed by atoms with Gasteiger partial charge < -0.3 is 10.0 Å². The fourth-order valence-electron chi connectivity index (χ4n) is 1.41. The molecule has 0 aromatic rings. The summed E-state index contributed by atoms with van der Waals surface area (Å²) in [6.45, 7) is 1.10. The number of aliphatic carboxylic acids is 1. The van der Waals surface area contributed by atoms with E-state index < -0.39 is 18.6 Å². The van der Waals surface area contributed by atoms with Crippen molar-refractivity contribution < 1.29 is 23.1 Å². The lowest BCUT2D eigenvalue weighted by molar-refractivity contribution is -0.149. The summed E-state index contributed by atoms with van der Waals surface area (Å²) in [6, 6.07) is 0. The molecule has 0 bridgehead atoms. The Hall–Kier alpha value is -0.780. The van der Waals surface area contributed by atoms with Crippen LogP contribution in [0.25, 0.3) is 0 Å². The summed E-state index contributed by atoms with van der Waals surface area (Å²) >= 11 is 0. The molecule has 82 valence electrons. The van der Waals surface area contributed by atoms with Crippen molar-refractivity contribution in [3.63, 3.8) is 0 Å². The topological polar surface area (TPSA) is 40.5 Å². The molecule has 1 N–H and O–H groups in total. The molecule has 1 rings (SSSR count). The third kappa shape index (κ3) is 3.53. The minimum atomic E-state index is -4.10. The lowest BCUT2D eigenvalue weighted by Gasteiger charge is -2.36. The highest BCUT2D eigenvalue weighted by Gasteiger charge is 2.33. The van der Waals surface area contributed by atoms with Gasteiger partial charge in [0.25, 0.3) is 0 Å². The lowest BCUT2D eigenvalue weighted by Crippen LogP contribution is -2.50. The second kappa shape index (κ2) is 4.16. The van der Waals surface area contributed by atoms with Gasteiger partial charge in [0.2, 0.25) is 0 Å². The first kappa shape index (κ1) is 11.3. The number of hydrogen-bond donors (Lipinski definition) is 1. The van der Waals surface area contributed by atoms with Gasteiger partial charge in [0.15, 0.2) is 0 Å². The summed E-state index contributed by atoms with van der Waals surface area (Å²) in [4.78, 5) is 12.1. The smallest absolute Gasteiger partial charge is 0.389 e. The molecule has 0 radical (unpaired) electrons. The monoisotopic (exact) mass is 211 g/mol. The summed E-state index contributed by atoms with van der Waals surface area (Å²) in [5, 5.41) is 8.50. The predicted octanol–water partition coefficient (Wildman–Crippen LogP) is 1.35. The minimum absolute atomic E-state index is 0.0514. The van der Waals surface area contributed by atoms with Crippen LogP contribution in [-0.2, 0) is 4.79 Å². The van der Waals surface area contributed by atoms with Gasteiger partial charge in [0.1, 0.15) is 0 Å². The van der Waals surface area contributed by atoms with Crippen molar-refractivity contribution in [1.82, 2.24) is 4.90 Å². The van der Waals surface area contributed by atoms with Gasteiger partial charge in [-0.3, -0.25) is 4.79 Å². The Morgan fingerprint density at radius 2 is 2.00 bits per heavy atom. The Morgan fingerprint density at radius 1 is 1.43 bits per heavy atom. The largest absolute Gasteiger partial charge is 0.481 e. The molecule has 6 heteroatoms. The van der Waals surface area contributed by atoms with Gasteiger partial charge in [-0.2, -0.15) is 13.2 Å². The van der Waals surface area contributed by atoms with Crippen LogP contribution in [-0.4, -0.2) is 41.8 Å². The third-order valence-corrected chi connectivity index (χ3v) is 2.24. The van der Waals surface area contributed by atoms with E-state index in [0.717, 1.165) is 0 Å². The number of nitrogens with zero attached hydrogens (tertiary/aromatic N) is 1. The second-order valence-electron chi connectivity index (χ2n) is 3.51. The van der Waals surface area contributed by atoms with Crippen molar-refractivity contribution in [3.05, 3.63) is 0 Å². The number of likely N-dealkylation sites (tertiary alicyclic amines) is 1. The Morgan fingerprint density at radius 3 is 2.43 bits per heavy atom. The molecule has 0 atom stereocenters. The standard InChI is InChI=1S/C8H12F3NO2/c9-8(10,11)2-1-3-12-4-6(5-12)7(13)14/h6H,1-5H2,(H,13,14). The van der Waals surface area contributed by atoms with E-state index >= 15 is 0 Å². The van der Waals surface area contributed by atoms with Gasteiger partial charge in [-0.25, -0.2) is 0 Å². The molecule has 1 fully saturated rings. The molecule has 0 aliphatic carbocycles. The van der Waals surface area contributed by atoms with Crippen LogP contribution in [0.1, 0.15) is 12.8 Å². The molecule has 1 aliphatic rings. The van der Waals surface area contributed by atoms with Crippen molar-refractivity contribution in [1.29, 1.82) is 0 Å². The van der Waals surface area contributed by atoms with Gasteiger partial charge in [-0.1, -0.05) is 0 Å². The van der Waals surface area contributed by atoms with Gasteiger partial charge in [0.05, 0.1) is 5.92 Å². The molecule has 1 aliphatic heterocycles. The number of carboxylic acid groups (broad SMARTS) is 1. The highest BCUT2D eigenvalue weighted by Crippen LogP contribution is 2.23. The van der Waals surface area contributed by atoms with E-state index in [1.807, 2.05) is 0 Å². The zero-order valence-corrected chi connectivity index (χ0v) is 7.55. The highest BCUT2D eigenvalue weighted by molar-refractivity contribution is 5.71. The Balaban J connectivity index is 2.04. The van der Waals surface area contributed by atoms with E-state index in [1.54, 1.807) is 4.90 Å². The first-order chi connectivity index (χ1) is 6.38. The fraction of sp³-hybridized carbons (Fsp3) is 0.875. The summed E-state index contributed by atoms with van der Waals surface area (Å²) in [5.41, 5.74) is 0. The normalized spacial score (nSPS) is 19.4. The van der Waals surface area contributed by atoms with E-state index in [4.69, 9.17) is 5.11 Å².